The van der Waals surface area contributed by atoms with Crippen molar-refractivity contribution >= 4 is 11.8 Å². The summed E-state index contributed by atoms with van der Waals surface area (Å²) in [6, 6.07) is 0. The van der Waals surface area contributed by atoms with E-state index in [0.717, 1.165) is 19.3 Å². The Labute approximate surface area is 78.5 Å². The molecule has 1 fully saturated rings. The molecule has 0 bridgehead atoms. The third-order valence-corrected chi connectivity index (χ3v) is 2.52. The molecule has 1 aliphatic carbocycles. The van der Waals surface area contributed by atoms with E-state index >= 15 is 0 Å². The van der Waals surface area contributed by atoms with Crippen molar-refractivity contribution in [3.8, 4) is 0 Å². The Kier molecular flexibility index (Phi) is 3.46. The van der Waals surface area contributed by atoms with Crippen LogP contribution in [0.2, 0.25) is 0 Å². The van der Waals surface area contributed by atoms with Crippen LogP contribution in [0, 0.1) is 5.92 Å². The van der Waals surface area contributed by atoms with Crippen LogP contribution >= 0.6 is 0 Å². The molecule has 1 saturated carbocycles. The first-order valence-electron chi connectivity index (χ1n) is 4.81. The molecule has 0 aliphatic heterocycles. The van der Waals surface area contributed by atoms with Gasteiger partial charge in [0.25, 0.3) is 0 Å². The van der Waals surface area contributed by atoms with Crippen LogP contribution in [0.25, 0.3) is 0 Å². The van der Waals surface area contributed by atoms with Crippen LogP contribution < -0.4 is 0 Å². The second-order valence-electron chi connectivity index (χ2n) is 3.63. The molecule has 3 heteroatoms. The first-order chi connectivity index (χ1) is 6.11. The molecular weight excluding hydrogens is 168 g/mol. The van der Waals surface area contributed by atoms with Gasteiger partial charge in [0.1, 0.15) is 11.9 Å². The third kappa shape index (κ3) is 2.83. The highest BCUT2D eigenvalue weighted by Crippen LogP contribution is 2.24. The lowest BCUT2D eigenvalue weighted by atomic mass is 9.84. The van der Waals surface area contributed by atoms with Gasteiger partial charge in [-0.15, -0.1) is 0 Å². The molecule has 0 saturated heterocycles. The van der Waals surface area contributed by atoms with E-state index in [-0.39, 0.29) is 23.8 Å². The van der Waals surface area contributed by atoms with Crippen molar-refractivity contribution in [1.82, 2.24) is 0 Å². The molecule has 2 atom stereocenters. The van der Waals surface area contributed by atoms with Gasteiger partial charge in [-0.3, -0.25) is 9.59 Å². The molecule has 0 spiro atoms. The number of ketones is 1. The van der Waals surface area contributed by atoms with Crippen molar-refractivity contribution in [2.75, 3.05) is 0 Å². The van der Waals surface area contributed by atoms with Crippen molar-refractivity contribution in [1.29, 1.82) is 0 Å². The van der Waals surface area contributed by atoms with Crippen LogP contribution in [0.4, 0.5) is 0 Å². The zero-order valence-electron chi connectivity index (χ0n) is 8.21. The lowest BCUT2D eigenvalue weighted by molar-refractivity contribution is -0.150. The molecule has 13 heavy (non-hydrogen) atoms. The maximum Gasteiger partial charge on any atom is 0.302 e. The lowest BCUT2D eigenvalue weighted by Gasteiger charge is -2.25. The summed E-state index contributed by atoms with van der Waals surface area (Å²) < 4.78 is 5.00. The first-order valence-corrected chi connectivity index (χ1v) is 4.81. The smallest absolute Gasteiger partial charge is 0.302 e. The average molecular weight is 184 g/mol. The van der Waals surface area contributed by atoms with Gasteiger partial charge in [0.2, 0.25) is 0 Å². The van der Waals surface area contributed by atoms with Crippen molar-refractivity contribution in [3.63, 3.8) is 0 Å². The summed E-state index contributed by atoms with van der Waals surface area (Å²) in [6.45, 7) is 3.18. The van der Waals surface area contributed by atoms with Gasteiger partial charge < -0.3 is 4.74 Å². The average Bonchev–Trinajstić information content (AvgIpc) is 2.03. The first kappa shape index (κ1) is 10.2. The van der Waals surface area contributed by atoms with E-state index in [4.69, 9.17) is 4.74 Å². The van der Waals surface area contributed by atoms with E-state index in [0.29, 0.717) is 6.42 Å². The topological polar surface area (TPSA) is 43.4 Å². The molecule has 74 valence electrons. The normalized spacial score (nSPS) is 25.4. The molecule has 0 N–H and O–H groups in total. The Morgan fingerprint density at radius 2 is 2.23 bits per heavy atom. The monoisotopic (exact) mass is 184 g/mol. The fourth-order valence-electron chi connectivity index (χ4n) is 1.85. The quantitative estimate of drug-likeness (QED) is 0.613. The molecule has 0 radical (unpaired) electrons. The fraction of sp³-hybridized carbons (Fsp3) is 0.800. The van der Waals surface area contributed by atoms with E-state index in [1.165, 1.54) is 6.92 Å². The Morgan fingerprint density at radius 3 is 2.77 bits per heavy atom. The number of esters is 1. The van der Waals surface area contributed by atoms with Gasteiger partial charge in [-0.2, -0.15) is 0 Å². The highest BCUT2D eigenvalue weighted by Gasteiger charge is 2.29. The lowest BCUT2D eigenvalue weighted by Crippen LogP contribution is -2.31. The Hall–Kier alpha value is -0.860. The summed E-state index contributed by atoms with van der Waals surface area (Å²) in [5, 5.41) is 0. The van der Waals surface area contributed by atoms with Crippen molar-refractivity contribution in [2.24, 2.45) is 5.92 Å². The molecular formula is C10H16O3. The van der Waals surface area contributed by atoms with Gasteiger partial charge in [0.15, 0.2) is 0 Å². The predicted molar refractivity (Wildman–Crippen MR) is 48.2 cm³/mol. The van der Waals surface area contributed by atoms with Crippen LogP contribution in [-0.4, -0.2) is 17.9 Å². The summed E-state index contributed by atoms with van der Waals surface area (Å²) >= 11 is 0. The number of rotatable bonds is 2. The molecule has 0 aromatic carbocycles. The minimum absolute atomic E-state index is 0.0577. The molecule has 0 heterocycles. The molecule has 1 aliphatic rings. The van der Waals surface area contributed by atoms with E-state index in [1.54, 1.807) is 6.92 Å². The molecule has 2 unspecified atom stereocenters. The van der Waals surface area contributed by atoms with Gasteiger partial charge in [-0.1, -0.05) is 6.42 Å². The highest BCUT2D eigenvalue weighted by molar-refractivity contribution is 5.82. The van der Waals surface area contributed by atoms with Gasteiger partial charge >= 0.3 is 5.97 Å². The molecule has 0 aromatic heterocycles. The van der Waals surface area contributed by atoms with Crippen LogP contribution in [0.15, 0.2) is 0 Å². The van der Waals surface area contributed by atoms with E-state index in [1.807, 2.05) is 0 Å². The van der Waals surface area contributed by atoms with Gasteiger partial charge in [-0.05, 0) is 19.8 Å². The largest absolute Gasteiger partial charge is 0.462 e. The number of hydrogen-bond donors (Lipinski definition) is 0. The second kappa shape index (κ2) is 4.40. The highest BCUT2D eigenvalue weighted by atomic mass is 16.5. The van der Waals surface area contributed by atoms with E-state index in [9.17, 15) is 9.59 Å². The maximum atomic E-state index is 11.4. The predicted octanol–water partition coefficient (Wildman–Crippen LogP) is 1.70. The van der Waals surface area contributed by atoms with E-state index < -0.39 is 0 Å². The summed E-state index contributed by atoms with van der Waals surface area (Å²) in [6.07, 6.45) is 3.33. The number of ether oxygens (including phenoxy) is 1. The van der Waals surface area contributed by atoms with Crippen LogP contribution in [0.5, 0.6) is 0 Å². The van der Waals surface area contributed by atoms with Crippen molar-refractivity contribution in [3.05, 3.63) is 0 Å². The number of hydrogen-bond acceptors (Lipinski definition) is 3. The molecule has 0 aromatic rings. The third-order valence-electron chi connectivity index (χ3n) is 2.52. The molecule has 0 amide bonds. The number of carbonyl (C=O) groups is 2. The van der Waals surface area contributed by atoms with Gasteiger partial charge in [0, 0.05) is 13.3 Å². The van der Waals surface area contributed by atoms with Gasteiger partial charge in [0.05, 0.1) is 5.92 Å². The minimum atomic E-state index is -0.300. The summed E-state index contributed by atoms with van der Waals surface area (Å²) in [7, 11) is 0. The van der Waals surface area contributed by atoms with Crippen LogP contribution in [0.1, 0.15) is 39.5 Å². The fourth-order valence-corrected chi connectivity index (χ4v) is 1.85. The zero-order valence-corrected chi connectivity index (χ0v) is 8.21. The number of Topliss-reactive ketones (excluding diaryl/α,β-unsaturated/α-hetero) is 1. The zero-order chi connectivity index (χ0) is 9.84. The summed E-state index contributed by atoms with van der Waals surface area (Å²) in [5.41, 5.74) is 0. The van der Waals surface area contributed by atoms with Crippen LogP contribution in [0.3, 0.4) is 0 Å². The Bertz CT molecular complexity index is 210. The maximum absolute atomic E-state index is 11.4. The molecule has 1 rings (SSSR count). The van der Waals surface area contributed by atoms with Crippen LogP contribution in [-0.2, 0) is 14.3 Å². The van der Waals surface area contributed by atoms with E-state index in [2.05, 4.69) is 0 Å². The summed E-state index contributed by atoms with van der Waals surface area (Å²) in [5.74, 6) is -0.108. The van der Waals surface area contributed by atoms with Crippen molar-refractivity contribution < 1.29 is 14.3 Å². The number of carbonyl (C=O) groups excluding carboxylic acids is 2. The van der Waals surface area contributed by atoms with Crippen molar-refractivity contribution in [2.45, 2.75) is 45.6 Å². The Morgan fingerprint density at radius 1 is 1.54 bits per heavy atom. The minimum Gasteiger partial charge on any atom is -0.462 e. The SMILES string of the molecule is CC(=O)OC(C)C1CCCCC1=O. The summed E-state index contributed by atoms with van der Waals surface area (Å²) in [4.78, 5) is 22.1. The van der Waals surface area contributed by atoms with Gasteiger partial charge in [-0.25, -0.2) is 0 Å². The second-order valence-corrected chi connectivity index (χ2v) is 3.63. The Balaban J connectivity index is 2.48. The standard InChI is InChI=1S/C10H16O3/c1-7(13-8(2)11)9-5-3-4-6-10(9)12/h7,9H,3-6H2,1-2H3. The molecule has 3 nitrogen and oxygen atoms in total.